The van der Waals surface area contributed by atoms with Crippen LogP contribution in [0.5, 0.6) is 0 Å². The fraction of sp³-hybridized carbons (Fsp3) is 0.538. The van der Waals surface area contributed by atoms with Crippen LogP contribution < -0.4 is 0 Å². The van der Waals surface area contributed by atoms with Gasteiger partial charge in [0.25, 0.3) is 5.69 Å². The molecule has 1 aromatic carbocycles. The van der Waals surface area contributed by atoms with Crippen LogP contribution in [0.3, 0.4) is 0 Å². The van der Waals surface area contributed by atoms with Crippen molar-refractivity contribution in [3.63, 3.8) is 0 Å². The van der Waals surface area contributed by atoms with Gasteiger partial charge in [-0.05, 0) is 31.0 Å². The monoisotopic (exact) mass is 457 g/mol. The summed E-state index contributed by atoms with van der Waals surface area (Å²) in [5.41, 5.74) is -4.11. The van der Waals surface area contributed by atoms with Gasteiger partial charge < -0.3 is 4.55 Å². The number of benzene rings is 1. The molecule has 0 spiro atoms. The van der Waals surface area contributed by atoms with Crippen LogP contribution in [0.25, 0.3) is 0 Å². The van der Waals surface area contributed by atoms with Crippen LogP contribution in [-0.4, -0.2) is 57.0 Å². The van der Waals surface area contributed by atoms with Crippen LogP contribution in [0.15, 0.2) is 17.0 Å². The molecule has 15 heteroatoms. The highest BCUT2D eigenvalue weighted by Gasteiger charge is 2.34. The van der Waals surface area contributed by atoms with E-state index in [-0.39, 0.29) is 12.1 Å². The van der Waals surface area contributed by atoms with Crippen molar-refractivity contribution < 1.29 is 27.7 Å². The summed E-state index contributed by atoms with van der Waals surface area (Å²) < 4.78 is 32.5. The zero-order chi connectivity index (χ0) is 22.4. The Bertz CT molecular complexity index is 823. The van der Waals surface area contributed by atoms with Crippen LogP contribution >= 0.6 is 11.8 Å². The van der Waals surface area contributed by atoms with Gasteiger partial charge in [0.15, 0.2) is 0 Å². The molecule has 0 aliphatic heterocycles. The smallest absolute Gasteiger partial charge is 0.300 e. The molecule has 1 aromatic rings. The molecule has 28 heavy (non-hydrogen) atoms. The predicted molar refractivity (Wildman–Crippen MR) is 106 cm³/mol. The largest absolute Gasteiger partial charge is 0.744 e. The van der Waals surface area contributed by atoms with E-state index in [1.807, 2.05) is 11.8 Å². The van der Waals surface area contributed by atoms with Crippen molar-refractivity contribution in [1.29, 1.82) is 0 Å². The number of rotatable bonds is 7. The molecule has 0 saturated carbocycles. The molecule has 0 radical (unpaired) electrons. The Balaban J connectivity index is 0.000000684. The molecule has 0 N–H and O–H groups in total. The third kappa shape index (κ3) is 7.21. The minimum atomic E-state index is -5.55. The number of hydrogen-bond donors (Lipinski definition) is 0. The standard InChI is InChI=1S/C7H17S2.C6H3N3O9S/c1-6(8-3)7(2)9(4)5;10-7(11)3-1-4(8(12)13)6(19(16,17)18)5(2-3)9(14)15/h6-7H,1-5H3;1-2H,(H,16,17,18)/q+1;/p-1. The quantitative estimate of drug-likeness (QED) is 0.254. The van der Waals surface area contributed by atoms with Crippen LogP contribution in [0, 0.1) is 30.3 Å². The minimum absolute atomic E-state index is 0.164. The molecule has 0 aliphatic rings. The Hall–Kier alpha value is -1.97. The highest BCUT2D eigenvalue weighted by molar-refractivity contribution is 8.01. The first kappa shape index (κ1) is 26.0. The summed E-state index contributed by atoms with van der Waals surface area (Å²) >= 11 is 1.97. The lowest BCUT2D eigenvalue weighted by Crippen LogP contribution is -2.24. The average Bonchev–Trinajstić information content (AvgIpc) is 2.58. The Morgan fingerprint density at radius 3 is 1.54 bits per heavy atom. The summed E-state index contributed by atoms with van der Waals surface area (Å²) in [7, 11) is -4.96. The van der Waals surface area contributed by atoms with E-state index < -0.39 is 46.8 Å². The van der Waals surface area contributed by atoms with Crippen molar-refractivity contribution in [2.45, 2.75) is 29.2 Å². The maximum absolute atomic E-state index is 10.8. The first-order valence-electron chi connectivity index (χ1n) is 7.31. The van der Waals surface area contributed by atoms with Crippen molar-refractivity contribution in [2.75, 3.05) is 18.8 Å². The summed E-state index contributed by atoms with van der Waals surface area (Å²) in [6.07, 6.45) is 6.82. The lowest BCUT2D eigenvalue weighted by atomic mass is 10.2. The van der Waals surface area contributed by atoms with Crippen LogP contribution in [0.2, 0.25) is 0 Å². The molecule has 0 bridgehead atoms. The first-order chi connectivity index (χ1) is 12.6. The van der Waals surface area contributed by atoms with Gasteiger partial charge in [-0.15, -0.1) is 0 Å². The second kappa shape index (κ2) is 10.5. The normalized spacial score (nSPS) is 13.2. The molecule has 158 valence electrons. The van der Waals surface area contributed by atoms with E-state index in [0.717, 1.165) is 10.5 Å². The number of non-ortho nitro benzene ring substituents is 1. The zero-order valence-corrected chi connectivity index (χ0v) is 18.0. The molecule has 0 aliphatic carbocycles. The van der Waals surface area contributed by atoms with Crippen LogP contribution in [0.4, 0.5) is 17.1 Å². The van der Waals surface area contributed by atoms with Crippen molar-refractivity contribution >= 4 is 49.8 Å². The third-order valence-electron chi connectivity index (χ3n) is 3.67. The van der Waals surface area contributed by atoms with Crippen molar-refractivity contribution in [2.24, 2.45) is 0 Å². The second-order valence-corrected chi connectivity index (χ2v) is 10.6. The topological polar surface area (TPSA) is 187 Å². The van der Waals surface area contributed by atoms with Crippen molar-refractivity contribution in [3.8, 4) is 0 Å². The Morgan fingerprint density at radius 1 is 0.964 bits per heavy atom. The molecule has 0 heterocycles. The van der Waals surface area contributed by atoms with Crippen molar-refractivity contribution in [3.05, 3.63) is 42.5 Å². The maximum atomic E-state index is 10.8. The molecule has 0 fully saturated rings. The molecule has 0 saturated heterocycles. The molecular weight excluding hydrogens is 438 g/mol. The van der Waals surface area contributed by atoms with E-state index in [4.69, 9.17) is 0 Å². The highest BCUT2D eigenvalue weighted by Crippen LogP contribution is 2.36. The lowest BCUT2D eigenvalue weighted by molar-refractivity contribution is -0.407. The molecule has 12 nitrogen and oxygen atoms in total. The van der Waals surface area contributed by atoms with Gasteiger partial charge in [0, 0.05) is 5.25 Å². The van der Waals surface area contributed by atoms with E-state index in [0.29, 0.717) is 10.9 Å². The fourth-order valence-corrected chi connectivity index (χ4v) is 4.72. The molecule has 1 rings (SSSR count). The van der Waals surface area contributed by atoms with Gasteiger partial charge in [0.2, 0.25) is 4.90 Å². The zero-order valence-electron chi connectivity index (χ0n) is 15.6. The SMILES string of the molecule is CSC(C)C(C)[S+](C)C.O=[N+]([O-])c1cc([N+](=O)[O-])c(S(=O)(=O)[O-])c([N+](=O)[O-])c1. The number of nitro benzene ring substituents is 3. The number of nitro groups is 3. The summed E-state index contributed by atoms with van der Waals surface area (Å²) in [6.45, 7) is 4.65. The minimum Gasteiger partial charge on any atom is -0.744 e. The van der Waals surface area contributed by atoms with Crippen LogP contribution in [-0.2, 0) is 21.0 Å². The molecule has 0 aromatic heterocycles. The molecule has 0 amide bonds. The maximum Gasteiger partial charge on any atom is 0.300 e. The molecule has 2 atom stereocenters. The molecular formula is C13H19N3O9S3. The summed E-state index contributed by atoms with van der Waals surface area (Å²) in [5.74, 6) is 0. The van der Waals surface area contributed by atoms with E-state index >= 15 is 0 Å². The average molecular weight is 458 g/mol. The Labute approximate surface area is 168 Å². The van der Waals surface area contributed by atoms with E-state index in [1.165, 1.54) is 0 Å². The van der Waals surface area contributed by atoms with Gasteiger partial charge in [0.05, 0.1) is 39.4 Å². The van der Waals surface area contributed by atoms with Gasteiger partial charge in [-0.25, -0.2) is 8.42 Å². The van der Waals surface area contributed by atoms with Gasteiger partial charge >= 0.3 is 11.4 Å². The lowest BCUT2D eigenvalue weighted by Gasteiger charge is -2.13. The fourth-order valence-electron chi connectivity index (χ4n) is 1.79. The van der Waals surface area contributed by atoms with Gasteiger partial charge in [0.1, 0.15) is 15.4 Å². The van der Waals surface area contributed by atoms with E-state index in [2.05, 4.69) is 32.6 Å². The summed E-state index contributed by atoms with van der Waals surface area (Å²) in [4.78, 5) is 25.8. The molecule has 2 unspecified atom stereocenters. The van der Waals surface area contributed by atoms with Gasteiger partial charge in [-0.1, -0.05) is 0 Å². The second-order valence-electron chi connectivity index (χ2n) is 5.56. The van der Waals surface area contributed by atoms with Gasteiger partial charge in [-0.2, -0.15) is 11.8 Å². The van der Waals surface area contributed by atoms with Crippen LogP contribution in [0.1, 0.15) is 13.8 Å². The summed E-state index contributed by atoms with van der Waals surface area (Å²) in [5, 5.41) is 33.3. The predicted octanol–water partition coefficient (Wildman–Crippen LogP) is 2.32. The third-order valence-corrected chi connectivity index (χ3v) is 7.80. The number of thioether (sulfide) groups is 1. The van der Waals surface area contributed by atoms with E-state index in [9.17, 15) is 43.3 Å². The number of nitrogens with zero attached hydrogens (tertiary/aromatic N) is 3. The number of hydrogen-bond acceptors (Lipinski definition) is 10. The highest BCUT2D eigenvalue weighted by atomic mass is 32.2. The Morgan fingerprint density at radius 2 is 1.36 bits per heavy atom. The summed E-state index contributed by atoms with van der Waals surface area (Å²) in [6, 6.07) is 0.329. The first-order valence-corrected chi connectivity index (χ1v) is 12.1. The Kier molecular flexibility index (Phi) is 9.80. The van der Waals surface area contributed by atoms with Crippen molar-refractivity contribution in [1.82, 2.24) is 0 Å². The van der Waals surface area contributed by atoms with E-state index in [1.54, 1.807) is 0 Å². The van der Waals surface area contributed by atoms with Gasteiger partial charge in [-0.3, -0.25) is 30.3 Å².